The number of carbonyl (C=O) groups excluding carboxylic acids is 1. The Morgan fingerprint density at radius 3 is 2.63 bits per heavy atom. The lowest BCUT2D eigenvalue weighted by Crippen LogP contribution is -2.60. The summed E-state index contributed by atoms with van der Waals surface area (Å²) in [4.78, 5) is 19.3. The molecule has 1 aromatic carbocycles. The summed E-state index contributed by atoms with van der Waals surface area (Å²) in [5, 5.41) is 8.85. The molecule has 2 saturated heterocycles. The van der Waals surface area contributed by atoms with Crippen LogP contribution in [0.2, 0.25) is 0 Å². The fourth-order valence-electron chi connectivity index (χ4n) is 4.36. The molecule has 0 aromatic heterocycles. The van der Waals surface area contributed by atoms with Crippen LogP contribution in [0.25, 0.3) is 0 Å². The average molecular weight is 376 g/mol. The van der Waals surface area contributed by atoms with Crippen LogP contribution in [-0.4, -0.2) is 84.2 Å². The molecule has 0 bridgehead atoms. The van der Waals surface area contributed by atoms with Gasteiger partial charge in [-0.1, -0.05) is 12.1 Å². The minimum absolute atomic E-state index is 0.0308. The fourth-order valence-corrected chi connectivity index (χ4v) is 4.36. The van der Waals surface area contributed by atoms with E-state index in [9.17, 15) is 4.79 Å². The Balaban J connectivity index is 1.63. The van der Waals surface area contributed by atoms with E-state index < -0.39 is 0 Å². The summed E-state index contributed by atoms with van der Waals surface area (Å²) in [6.07, 6.45) is 2.65. The average Bonchev–Trinajstić information content (AvgIpc) is 2.84. The van der Waals surface area contributed by atoms with Crippen LogP contribution in [0.15, 0.2) is 24.3 Å². The van der Waals surface area contributed by atoms with Gasteiger partial charge in [0.05, 0.1) is 6.61 Å². The number of hydrogen-bond donors (Lipinski definition) is 1. The van der Waals surface area contributed by atoms with Gasteiger partial charge < -0.3 is 14.7 Å². The molecule has 2 aliphatic rings. The molecule has 1 atom stereocenters. The number of aliphatic hydroxyl groups excluding tert-OH is 1. The molecule has 6 heteroatoms. The normalized spacial score (nSPS) is 25.0. The van der Waals surface area contributed by atoms with Crippen molar-refractivity contribution in [2.75, 3.05) is 53.0 Å². The Morgan fingerprint density at radius 2 is 1.93 bits per heavy atom. The summed E-state index contributed by atoms with van der Waals surface area (Å²) in [6.45, 7) is 8.12. The molecule has 0 aliphatic carbocycles. The maximum absolute atomic E-state index is 12.3. The highest BCUT2D eigenvalue weighted by atomic mass is 16.5. The van der Waals surface area contributed by atoms with Crippen molar-refractivity contribution in [3.63, 3.8) is 0 Å². The topological polar surface area (TPSA) is 56.3 Å². The van der Waals surface area contributed by atoms with Crippen molar-refractivity contribution >= 4 is 5.91 Å². The summed E-state index contributed by atoms with van der Waals surface area (Å²) < 4.78 is 5.44. The van der Waals surface area contributed by atoms with Crippen molar-refractivity contribution in [2.24, 2.45) is 0 Å². The molecular formula is C21H33N3O3. The molecule has 6 nitrogen and oxygen atoms in total. The van der Waals surface area contributed by atoms with Gasteiger partial charge in [-0.25, -0.2) is 0 Å². The second kappa shape index (κ2) is 9.04. The zero-order valence-corrected chi connectivity index (χ0v) is 16.7. The second-order valence-electron chi connectivity index (χ2n) is 7.80. The van der Waals surface area contributed by atoms with Gasteiger partial charge in [0, 0.05) is 51.2 Å². The van der Waals surface area contributed by atoms with Crippen molar-refractivity contribution < 1.29 is 14.6 Å². The first-order valence-corrected chi connectivity index (χ1v) is 10.1. The molecule has 1 spiro atoms. The molecule has 2 heterocycles. The molecule has 0 radical (unpaired) electrons. The second-order valence-corrected chi connectivity index (χ2v) is 7.80. The lowest BCUT2D eigenvalue weighted by Gasteiger charge is -2.49. The molecule has 2 fully saturated rings. The van der Waals surface area contributed by atoms with Gasteiger partial charge in [-0.05, 0) is 44.5 Å². The van der Waals surface area contributed by atoms with E-state index in [1.54, 1.807) is 0 Å². The third-order valence-corrected chi connectivity index (χ3v) is 6.15. The lowest BCUT2D eigenvalue weighted by atomic mass is 9.86. The van der Waals surface area contributed by atoms with E-state index in [-0.39, 0.29) is 12.1 Å². The van der Waals surface area contributed by atoms with Crippen molar-refractivity contribution in [3.8, 4) is 5.75 Å². The number of benzene rings is 1. The molecule has 0 saturated carbocycles. The maximum Gasteiger partial charge on any atom is 0.222 e. The Kier molecular flexibility index (Phi) is 6.73. The first-order valence-electron chi connectivity index (χ1n) is 10.1. The predicted molar refractivity (Wildman–Crippen MR) is 106 cm³/mol. The predicted octanol–water partition coefficient (Wildman–Crippen LogP) is 1.58. The van der Waals surface area contributed by atoms with Crippen LogP contribution in [0.3, 0.4) is 0 Å². The van der Waals surface area contributed by atoms with Gasteiger partial charge in [0.1, 0.15) is 12.4 Å². The van der Waals surface area contributed by atoms with Gasteiger partial charge in [-0.3, -0.25) is 14.6 Å². The van der Waals surface area contributed by atoms with E-state index >= 15 is 0 Å². The summed E-state index contributed by atoms with van der Waals surface area (Å²) in [6, 6.07) is 8.15. The van der Waals surface area contributed by atoms with Crippen LogP contribution >= 0.6 is 0 Å². The Labute approximate surface area is 162 Å². The first-order chi connectivity index (χ1) is 13.1. The van der Waals surface area contributed by atoms with Gasteiger partial charge in [-0.2, -0.15) is 0 Å². The number of hydrogen-bond acceptors (Lipinski definition) is 5. The van der Waals surface area contributed by atoms with Crippen molar-refractivity contribution in [1.29, 1.82) is 0 Å². The van der Waals surface area contributed by atoms with Crippen LogP contribution in [0.5, 0.6) is 5.75 Å². The van der Waals surface area contributed by atoms with Crippen molar-refractivity contribution in [1.82, 2.24) is 14.7 Å². The quantitative estimate of drug-likeness (QED) is 0.818. The summed E-state index contributed by atoms with van der Waals surface area (Å²) in [7, 11) is 2.22. The maximum atomic E-state index is 12.3. The number of nitrogens with zero attached hydrogens (tertiary/aromatic N) is 3. The monoisotopic (exact) mass is 375 g/mol. The largest absolute Gasteiger partial charge is 0.491 e. The van der Waals surface area contributed by atoms with Crippen LogP contribution < -0.4 is 4.74 Å². The Morgan fingerprint density at radius 1 is 1.15 bits per heavy atom. The summed E-state index contributed by atoms with van der Waals surface area (Å²) in [5.41, 5.74) is 1.37. The van der Waals surface area contributed by atoms with Crippen LogP contribution in [0.1, 0.15) is 31.7 Å². The third-order valence-electron chi connectivity index (χ3n) is 6.15. The van der Waals surface area contributed by atoms with E-state index in [2.05, 4.69) is 35.9 Å². The van der Waals surface area contributed by atoms with E-state index in [0.29, 0.717) is 18.9 Å². The van der Waals surface area contributed by atoms with Crippen molar-refractivity contribution in [2.45, 2.75) is 38.3 Å². The molecule has 150 valence electrons. The highest BCUT2D eigenvalue weighted by Crippen LogP contribution is 2.32. The third kappa shape index (κ3) is 4.81. The van der Waals surface area contributed by atoms with E-state index in [1.807, 2.05) is 17.0 Å². The zero-order valence-electron chi connectivity index (χ0n) is 16.7. The van der Waals surface area contributed by atoms with Gasteiger partial charge in [0.25, 0.3) is 0 Å². The number of amides is 1. The van der Waals surface area contributed by atoms with E-state index in [0.717, 1.165) is 57.9 Å². The van der Waals surface area contributed by atoms with Gasteiger partial charge >= 0.3 is 0 Å². The number of likely N-dealkylation sites (N-methyl/N-ethyl adjacent to an activating group) is 1. The van der Waals surface area contributed by atoms with Gasteiger partial charge in [0.15, 0.2) is 0 Å². The SMILES string of the molecule is CCN1CC[C@@]2(CCC1=O)CN(Cc1ccc(OCCO)cc1)CCN2C. The molecule has 3 rings (SSSR count). The standard InChI is InChI=1S/C21H33N3O3/c1-3-24-11-10-21(9-8-20(24)26)17-23(13-12-22(21)2)16-18-4-6-19(7-5-18)27-15-14-25/h4-7,25H,3,8-17H2,1-2H3/t21-/m0/s1. The zero-order chi connectivity index (χ0) is 19.3. The number of piperazine rings is 1. The highest BCUT2D eigenvalue weighted by molar-refractivity contribution is 5.76. The first kappa shape index (κ1) is 20.1. The number of likely N-dealkylation sites (tertiary alicyclic amines) is 1. The van der Waals surface area contributed by atoms with Gasteiger partial charge in [-0.15, -0.1) is 0 Å². The Bertz CT molecular complexity index is 622. The minimum atomic E-state index is 0.0308. The number of carbonyl (C=O) groups is 1. The molecule has 0 unspecified atom stereocenters. The number of rotatable bonds is 6. The van der Waals surface area contributed by atoms with E-state index in [4.69, 9.17) is 9.84 Å². The number of aliphatic hydroxyl groups is 1. The molecule has 1 N–H and O–H groups in total. The smallest absolute Gasteiger partial charge is 0.222 e. The van der Waals surface area contributed by atoms with E-state index in [1.165, 1.54) is 5.56 Å². The molecule has 27 heavy (non-hydrogen) atoms. The lowest BCUT2D eigenvalue weighted by molar-refractivity contribution is -0.130. The highest BCUT2D eigenvalue weighted by Gasteiger charge is 2.41. The Hall–Kier alpha value is -1.63. The molecule has 1 aromatic rings. The fraction of sp³-hybridized carbons (Fsp3) is 0.667. The van der Waals surface area contributed by atoms with Crippen molar-refractivity contribution in [3.05, 3.63) is 29.8 Å². The number of ether oxygens (including phenoxy) is 1. The summed E-state index contributed by atoms with van der Waals surface area (Å²) >= 11 is 0. The van der Waals surface area contributed by atoms with Crippen LogP contribution in [0.4, 0.5) is 0 Å². The minimum Gasteiger partial charge on any atom is -0.491 e. The molecule has 1 amide bonds. The van der Waals surface area contributed by atoms with Crippen LogP contribution in [-0.2, 0) is 11.3 Å². The van der Waals surface area contributed by atoms with Gasteiger partial charge in [0.2, 0.25) is 5.91 Å². The van der Waals surface area contributed by atoms with Crippen LogP contribution in [0, 0.1) is 0 Å². The molecule has 2 aliphatic heterocycles. The molecular weight excluding hydrogens is 342 g/mol. The summed E-state index contributed by atoms with van der Waals surface area (Å²) in [5.74, 6) is 1.10.